The van der Waals surface area contributed by atoms with Gasteiger partial charge in [0.25, 0.3) is 0 Å². The Morgan fingerprint density at radius 1 is 1.35 bits per heavy atom. The van der Waals surface area contributed by atoms with Gasteiger partial charge in [-0.15, -0.1) is 5.10 Å². The molecule has 0 aliphatic rings. The second-order valence-corrected chi connectivity index (χ2v) is 3.81. The van der Waals surface area contributed by atoms with Crippen LogP contribution in [0.1, 0.15) is 15.9 Å². The van der Waals surface area contributed by atoms with Crippen LogP contribution in [0.25, 0.3) is 16.6 Å². The van der Waals surface area contributed by atoms with Crippen LogP contribution in [0.4, 0.5) is 0 Å². The predicted octanol–water partition coefficient (Wildman–Crippen LogP) is 1.28. The number of aromatic nitrogens is 4. The van der Waals surface area contributed by atoms with Crippen molar-refractivity contribution < 1.29 is 9.90 Å². The van der Waals surface area contributed by atoms with Gasteiger partial charge in [0.05, 0.1) is 11.1 Å². The lowest BCUT2D eigenvalue weighted by Gasteiger charge is -2.04. The van der Waals surface area contributed by atoms with Crippen molar-refractivity contribution >= 4 is 22.5 Å². The topological polar surface area (TPSA) is 80.4 Å². The fourth-order valence-corrected chi connectivity index (χ4v) is 1.90. The van der Waals surface area contributed by atoms with E-state index in [4.69, 9.17) is 5.11 Å². The predicted molar refractivity (Wildman–Crippen MR) is 60.0 cm³/mol. The number of carbonyl (C=O) groups is 1. The van der Waals surface area contributed by atoms with Gasteiger partial charge in [0, 0.05) is 5.39 Å². The number of fused-ring (bicyclic) bond motifs is 3. The highest BCUT2D eigenvalue weighted by Crippen LogP contribution is 2.20. The monoisotopic (exact) mass is 228 g/mol. The molecule has 6 nitrogen and oxygen atoms in total. The van der Waals surface area contributed by atoms with Crippen LogP contribution in [0.3, 0.4) is 0 Å². The lowest BCUT2D eigenvalue weighted by Crippen LogP contribution is -1.99. The van der Waals surface area contributed by atoms with Crippen LogP contribution in [-0.4, -0.2) is 31.1 Å². The first-order valence-corrected chi connectivity index (χ1v) is 5.01. The maximum atomic E-state index is 10.9. The minimum atomic E-state index is -0.963. The van der Waals surface area contributed by atoms with Gasteiger partial charge >= 0.3 is 5.97 Å². The van der Waals surface area contributed by atoms with Crippen LogP contribution in [0, 0.1) is 6.92 Å². The van der Waals surface area contributed by atoms with Crippen LogP contribution in [-0.2, 0) is 0 Å². The molecule has 3 rings (SSSR count). The maximum Gasteiger partial charge on any atom is 0.335 e. The van der Waals surface area contributed by atoms with Gasteiger partial charge in [-0.2, -0.15) is 4.52 Å². The number of rotatable bonds is 1. The lowest BCUT2D eigenvalue weighted by molar-refractivity contribution is 0.0697. The highest BCUT2D eigenvalue weighted by molar-refractivity contribution is 5.94. The SMILES string of the molecule is Cc1cc2nnnn2c2cc(C(=O)O)ccc12. The minimum Gasteiger partial charge on any atom is -0.478 e. The van der Waals surface area contributed by atoms with Gasteiger partial charge in [-0.3, -0.25) is 0 Å². The average Bonchev–Trinajstić information content (AvgIpc) is 2.76. The Balaban J connectivity index is 2.50. The highest BCUT2D eigenvalue weighted by Gasteiger charge is 2.09. The van der Waals surface area contributed by atoms with Crippen LogP contribution in [0.15, 0.2) is 24.3 Å². The van der Waals surface area contributed by atoms with Gasteiger partial charge in [-0.1, -0.05) is 6.07 Å². The summed E-state index contributed by atoms with van der Waals surface area (Å²) < 4.78 is 1.54. The van der Waals surface area contributed by atoms with Gasteiger partial charge in [-0.25, -0.2) is 4.79 Å². The van der Waals surface area contributed by atoms with Crippen molar-refractivity contribution in [3.8, 4) is 0 Å². The van der Waals surface area contributed by atoms with E-state index in [-0.39, 0.29) is 5.56 Å². The van der Waals surface area contributed by atoms with Crippen LogP contribution < -0.4 is 0 Å². The number of carboxylic acids is 1. The average molecular weight is 228 g/mol. The summed E-state index contributed by atoms with van der Waals surface area (Å²) in [6.45, 7) is 1.94. The molecule has 17 heavy (non-hydrogen) atoms. The number of nitrogens with zero attached hydrogens (tertiary/aromatic N) is 4. The fraction of sp³-hybridized carbons (Fsp3) is 0.0909. The molecule has 0 unspecified atom stereocenters. The molecule has 2 aromatic heterocycles. The van der Waals surface area contributed by atoms with E-state index in [0.717, 1.165) is 10.9 Å². The highest BCUT2D eigenvalue weighted by atomic mass is 16.4. The van der Waals surface area contributed by atoms with Crippen molar-refractivity contribution in [2.24, 2.45) is 0 Å². The van der Waals surface area contributed by atoms with E-state index in [1.54, 1.807) is 18.2 Å². The number of aromatic carboxylic acids is 1. The molecular weight excluding hydrogens is 220 g/mol. The molecule has 0 amide bonds. The summed E-state index contributed by atoms with van der Waals surface area (Å²) in [5.74, 6) is -0.963. The third kappa shape index (κ3) is 1.34. The van der Waals surface area contributed by atoms with Gasteiger partial charge in [0.15, 0.2) is 5.65 Å². The first-order chi connectivity index (χ1) is 8.16. The third-order valence-corrected chi connectivity index (χ3v) is 2.74. The number of hydrogen-bond acceptors (Lipinski definition) is 4. The number of tetrazole rings is 1. The Morgan fingerprint density at radius 2 is 2.18 bits per heavy atom. The van der Waals surface area contributed by atoms with Crippen LogP contribution >= 0.6 is 0 Å². The normalized spacial score (nSPS) is 11.1. The van der Waals surface area contributed by atoms with Crippen molar-refractivity contribution in [3.05, 3.63) is 35.4 Å². The van der Waals surface area contributed by atoms with Gasteiger partial charge < -0.3 is 5.11 Å². The molecule has 1 aromatic carbocycles. The zero-order valence-electron chi connectivity index (χ0n) is 8.95. The van der Waals surface area contributed by atoms with E-state index in [9.17, 15) is 4.79 Å². The first-order valence-electron chi connectivity index (χ1n) is 5.01. The lowest BCUT2D eigenvalue weighted by atomic mass is 10.1. The fourth-order valence-electron chi connectivity index (χ4n) is 1.90. The standard InChI is InChI=1S/C11H8N4O2/c1-6-4-10-12-13-14-15(10)9-5-7(11(16)17)2-3-8(6)9/h2-5H,1H3,(H,16,17). The number of aryl methyl sites for hydroxylation is 1. The molecule has 0 aliphatic heterocycles. The molecule has 0 saturated heterocycles. The molecule has 0 fully saturated rings. The van der Waals surface area contributed by atoms with Crippen LogP contribution in [0.2, 0.25) is 0 Å². The summed E-state index contributed by atoms with van der Waals surface area (Å²) in [4.78, 5) is 10.9. The Labute approximate surface area is 95.5 Å². The summed E-state index contributed by atoms with van der Waals surface area (Å²) in [5, 5.41) is 21.2. The van der Waals surface area contributed by atoms with E-state index in [1.807, 2.05) is 13.0 Å². The Kier molecular flexibility index (Phi) is 1.85. The third-order valence-electron chi connectivity index (χ3n) is 2.74. The maximum absolute atomic E-state index is 10.9. The van der Waals surface area contributed by atoms with E-state index in [2.05, 4.69) is 15.5 Å². The van der Waals surface area contributed by atoms with Crippen molar-refractivity contribution in [2.45, 2.75) is 6.92 Å². The molecule has 84 valence electrons. The molecular formula is C11H8N4O2. The smallest absolute Gasteiger partial charge is 0.335 e. The molecule has 2 heterocycles. The second kappa shape index (κ2) is 3.24. The molecule has 3 aromatic rings. The van der Waals surface area contributed by atoms with Crippen molar-refractivity contribution in [1.82, 2.24) is 20.0 Å². The summed E-state index contributed by atoms with van der Waals surface area (Å²) in [6.07, 6.45) is 0. The molecule has 0 saturated carbocycles. The number of benzene rings is 1. The van der Waals surface area contributed by atoms with Crippen molar-refractivity contribution in [2.75, 3.05) is 0 Å². The molecule has 0 bridgehead atoms. The van der Waals surface area contributed by atoms with Crippen LogP contribution in [0.5, 0.6) is 0 Å². The quantitative estimate of drug-likeness (QED) is 0.678. The zero-order chi connectivity index (χ0) is 12.0. The molecule has 0 aliphatic carbocycles. The van der Waals surface area contributed by atoms with Gasteiger partial charge in [0.1, 0.15) is 0 Å². The Morgan fingerprint density at radius 3 is 2.94 bits per heavy atom. The van der Waals surface area contributed by atoms with E-state index in [0.29, 0.717) is 11.2 Å². The molecule has 1 N–H and O–H groups in total. The molecule has 6 heteroatoms. The number of carboxylic acid groups (broad SMARTS) is 1. The van der Waals surface area contributed by atoms with Crippen molar-refractivity contribution in [1.29, 1.82) is 0 Å². The summed E-state index contributed by atoms with van der Waals surface area (Å²) in [7, 11) is 0. The number of hydrogen-bond donors (Lipinski definition) is 1. The Bertz CT molecular complexity index is 748. The first kappa shape index (κ1) is 9.71. The zero-order valence-corrected chi connectivity index (χ0v) is 8.95. The molecule has 0 spiro atoms. The molecule has 0 radical (unpaired) electrons. The largest absolute Gasteiger partial charge is 0.478 e. The summed E-state index contributed by atoms with van der Waals surface area (Å²) in [6, 6.07) is 6.79. The molecule has 0 atom stereocenters. The van der Waals surface area contributed by atoms with E-state index < -0.39 is 5.97 Å². The summed E-state index contributed by atoms with van der Waals surface area (Å²) in [5.41, 5.74) is 2.54. The van der Waals surface area contributed by atoms with E-state index >= 15 is 0 Å². The Hall–Kier alpha value is -2.50. The number of pyridine rings is 1. The van der Waals surface area contributed by atoms with Crippen molar-refractivity contribution in [3.63, 3.8) is 0 Å². The van der Waals surface area contributed by atoms with E-state index in [1.165, 1.54) is 4.52 Å². The van der Waals surface area contributed by atoms with Gasteiger partial charge in [-0.05, 0) is 41.1 Å². The summed E-state index contributed by atoms with van der Waals surface area (Å²) >= 11 is 0. The second-order valence-electron chi connectivity index (χ2n) is 3.81. The van der Waals surface area contributed by atoms with Gasteiger partial charge in [0.2, 0.25) is 0 Å². The minimum absolute atomic E-state index is 0.222.